The van der Waals surface area contributed by atoms with Gasteiger partial charge >= 0.3 is 5.76 Å². The standard InChI is InChI=1S/C9H11ClN4O2/c1-4-5-6(10)7(13(2)11-5)8-12-14(3)9(15)16-8/h4H2,1-3H3. The molecule has 7 heteroatoms. The van der Waals surface area contributed by atoms with Crippen LogP contribution in [0.4, 0.5) is 0 Å². The average molecular weight is 243 g/mol. The van der Waals surface area contributed by atoms with Gasteiger partial charge in [-0.2, -0.15) is 9.78 Å². The van der Waals surface area contributed by atoms with Crippen LogP contribution in [0.3, 0.4) is 0 Å². The normalized spacial score (nSPS) is 11.0. The van der Waals surface area contributed by atoms with E-state index < -0.39 is 5.76 Å². The maximum atomic E-state index is 11.2. The predicted octanol–water partition coefficient (Wildman–Crippen LogP) is 0.990. The summed E-state index contributed by atoms with van der Waals surface area (Å²) in [5, 5.41) is 8.64. The molecule has 0 bridgehead atoms. The van der Waals surface area contributed by atoms with Crippen molar-refractivity contribution in [1.29, 1.82) is 0 Å². The van der Waals surface area contributed by atoms with Crippen molar-refractivity contribution >= 4 is 11.6 Å². The van der Waals surface area contributed by atoms with Crippen LogP contribution >= 0.6 is 11.6 Å². The highest BCUT2D eigenvalue weighted by atomic mass is 35.5. The molecule has 0 saturated heterocycles. The van der Waals surface area contributed by atoms with Gasteiger partial charge in [0.15, 0.2) is 0 Å². The molecule has 6 nitrogen and oxygen atoms in total. The van der Waals surface area contributed by atoms with E-state index >= 15 is 0 Å². The molecule has 16 heavy (non-hydrogen) atoms. The summed E-state index contributed by atoms with van der Waals surface area (Å²) in [6.07, 6.45) is 0.712. The van der Waals surface area contributed by atoms with Crippen molar-refractivity contribution in [1.82, 2.24) is 19.6 Å². The van der Waals surface area contributed by atoms with Gasteiger partial charge in [-0.3, -0.25) is 4.68 Å². The van der Waals surface area contributed by atoms with Crippen LogP contribution in [-0.2, 0) is 20.5 Å². The lowest BCUT2D eigenvalue weighted by Gasteiger charge is -1.94. The first-order valence-electron chi connectivity index (χ1n) is 4.80. The first-order valence-corrected chi connectivity index (χ1v) is 5.18. The minimum absolute atomic E-state index is 0.187. The van der Waals surface area contributed by atoms with E-state index in [-0.39, 0.29) is 5.89 Å². The van der Waals surface area contributed by atoms with Gasteiger partial charge in [0.2, 0.25) is 0 Å². The largest absolute Gasteiger partial charge is 0.437 e. The minimum Gasteiger partial charge on any atom is -0.386 e. The van der Waals surface area contributed by atoms with Crippen LogP contribution < -0.4 is 5.76 Å². The predicted molar refractivity (Wildman–Crippen MR) is 58.3 cm³/mol. The van der Waals surface area contributed by atoms with Crippen LogP contribution in [0, 0.1) is 0 Å². The molecule has 0 spiro atoms. The topological polar surface area (TPSA) is 65.8 Å². The fraction of sp³-hybridized carbons (Fsp3) is 0.444. The molecule has 2 rings (SSSR count). The molecule has 0 aliphatic heterocycles. The van der Waals surface area contributed by atoms with E-state index in [1.807, 2.05) is 6.92 Å². The molecule has 0 unspecified atom stereocenters. The Morgan fingerprint density at radius 1 is 1.31 bits per heavy atom. The summed E-state index contributed by atoms with van der Waals surface area (Å²) < 4.78 is 7.65. The van der Waals surface area contributed by atoms with E-state index in [4.69, 9.17) is 16.0 Å². The highest BCUT2D eigenvalue weighted by Gasteiger charge is 2.20. The third-order valence-electron chi connectivity index (χ3n) is 2.28. The molecule has 0 aliphatic carbocycles. The zero-order valence-corrected chi connectivity index (χ0v) is 9.95. The summed E-state index contributed by atoms with van der Waals surface area (Å²) in [5.74, 6) is -0.336. The fourth-order valence-electron chi connectivity index (χ4n) is 1.45. The number of nitrogens with zero attached hydrogens (tertiary/aromatic N) is 4. The molecule has 2 heterocycles. The Bertz CT molecular complexity index is 581. The molecule has 0 N–H and O–H groups in total. The van der Waals surface area contributed by atoms with Gasteiger partial charge < -0.3 is 4.42 Å². The van der Waals surface area contributed by atoms with E-state index in [1.165, 1.54) is 7.05 Å². The summed E-state index contributed by atoms with van der Waals surface area (Å²) in [6.45, 7) is 1.95. The molecule has 2 aromatic rings. The minimum atomic E-state index is -0.523. The van der Waals surface area contributed by atoms with Gasteiger partial charge in [-0.15, -0.1) is 5.10 Å². The number of rotatable bonds is 2. The van der Waals surface area contributed by atoms with Gasteiger partial charge in [0.05, 0.1) is 10.7 Å². The summed E-state index contributed by atoms with van der Waals surface area (Å²) in [6, 6.07) is 0. The first-order chi connectivity index (χ1) is 7.54. The summed E-state index contributed by atoms with van der Waals surface area (Å²) in [4.78, 5) is 11.2. The number of aryl methyl sites for hydroxylation is 3. The lowest BCUT2D eigenvalue weighted by Crippen LogP contribution is -2.09. The third-order valence-corrected chi connectivity index (χ3v) is 2.68. The van der Waals surface area contributed by atoms with E-state index in [1.54, 1.807) is 11.7 Å². The molecule has 0 atom stereocenters. The average Bonchev–Trinajstić information content (AvgIpc) is 2.69. The van der Waals surface area contributed by atoms with Gasteiger partial charge in [-0.1, -0.05) is 18.5 Å². The molecular weight excluding hydrogens is 232 g/mol. The van der Waals surface area contributed by atoms with Gasteiger partial charge in [-0.05, 0) is 6.42 Å². The first kappa shape index (κ1) is 10.9. The van der Waals surface area contributed by atoms with Crippen LogP contribution in [0.1, 0.15) is 12.6 Å². The van der Waals surface area contributed by atoms with Gasteiger partial charge in [-0.25, -0.2) is 4.79 Å². The van der Waals surface area contributed by atoms with Crippen molar-refractivity contribution in [2.75, 3.05) is 0 Å². The van der Waals surface area contributed by atoms with E-state index in [0.29, 0.717) is 17.1 Å². The van der Waals surface area contributed by atoms with Crippen molar-refractivity contribution in [2.45, 2.75) is 13.3 Å². The van der Waals surface area contributed by atoms with Crippen molar-refractivity contribution in [3.8, 4) is 11.6 Å². The summed E-state index contributed by atoms with van der Waals surface area (Å²) in [7, 11) is 3.25. The maximum absolute atomic E-state index is 11.2. The zero-order valence-electron chi connectivity index (χ0n) is 9.19. The second-order valence-corrected chi connectivity index (χ2v) is 3.76. The third kappa shape index (κ3) is 1.55. The Labute approximate surface area is 96.4 Å². The van der Waals surface area contributed by atoms with Gasteiger partial charge in [0, 0.05) is 14.1 Å². The highest BCUT2D eigenvalue weighted by Crippen LogP contribution is 2.28. The van der Waals surface area contributed by atoms with Crippen molar-refractivity contribution in [2.24, 2.45) is 14.1 Å². The molecule has 0 amide bonds. The number of hydrogen-bond donors (Lipinski definition) is 0. The Kier molecular flexibility index (Phi) is 2.59. The molecule has 0 radical (unpaired) electrons. The lowest BCUT2D eigenvalue weighted by molar-refractivity contribution is 0.501. The molecule has 0 fully saturated rings. The second kappa shape index (κ2) is 3.79. The Balaban J connectivity index is 2.64. The van der Waals surface area contributed by atoms with Crippen LogP contribution in [0.5, 0.6) is 0 Å². The van der Waals surface area contributed by atoms with Crippen LogP contribution in [0.15, 0.2) is 9.21 Å². The molecule has 0 aromatic carbocycles. The molecule has 86 valence electrons. The van der Waals surface area contributed by atoms with E-state index in [0.717, 1.165) is 10.4 Å². The Morgan fingerprint density at radius 3 is 2.44 bits per heavy atom. The summed E-state index contributed by atoms with van der Waals surface area (Å²) in [5.41, 5.74) is 1.28. The van der Waals surface area contributed by atoms with Crippen molar-refractivity contribution in [3.05, 3.63) is 21.3 Å². The zero-order chi connectivity index (χ0) is 11.9. The van der Waals surface area contributed by atoms with Crippen molar-refractivity contribution < 1.29 is 4.42 Å². The van der Waals surface area contributed by atoms with Gasteiger partial charge in [0.1, 0.15) is 5.69 Å². The molecule has 0 saturated carbocycles. The monoisotopic (exact) mass is 242 g/mol. The van der Waals surface area contributed by atoms with E-state index in [2.05, 4.69) is 10.2 Å². The van der Waals surface area contributed by atoms with Crippen LogP contribution in [-0.4, -0.2) is 19.6 Å². The maximum Gasteiger partial charge on any atom is 0.437 e. The highest BCUT2D eigenvalue weighted by molar-refractivity contribution is 6.33. The number of halogens is 1. The van der Waals surface area contributed by atoms with Gasteiger partial charge in [0.25, 0.3) is 5.89 Å². The number of aromatic nitrogens is 4. The Morgan fingerprint density at radius 2 is 2.00 bits per heavy atom. The van der Waals surface area contributed by atoms with E-state index in [9.17, 15) is 4.79 Å². The van der Waals surface area contributed by atoms with Crippen molar-refractivity contribution in [3.63, 3.8) is 0 Å². The Hall–Kier alpha value is -1.56. The molecular formula is C9H11ClN4O2. The smallest absolute Gasteiger partial charge is 0.386 e. The van der Waals surface area contributed by atoms with Crippen LogP contribution in [0.2, 0.25) is 5.02 Å². The number of hydrogen-bond acceptors (Lipinski definition) is 4. The quantitative estimate of drug-likeness (QED) is 0.788. The summed E-state index contributed by atoms with van der Waals surface area (Å²) >= 11 is 6.13. The fourth-order valence-corrected chi connectivity index (χ4v) is 1.83. The lowest BCUT2D eigenvalue weighted by atomic mass is 10.3. The molecule has 0 aliphatic rings. The van der Waals surface area contributed by atoms with Crippen LogP contribution in [0.25, 0.3) is 11.6 Å². The molecule has 2 aromatic heterocycles. The SMILES string of the molecule is CCc1nn(C)c(-c2nn(C)c(=O)o2)c1Cl. The second-order valence-electron chi connectivity index (χ2n) is 3.38.